The van der Waals surface area contributed by atoms with Crippen LogP contribution in [0.25, 0.3) is 0 Å². The van der Waals surface area contributed by atoms with Gasteiger partial charge in [-0.05, 0) is 54.4 Å². The number of methoxy groups -OCH3 is 2. The Morgan fingerprint density at radius 1 is 1.17 bits per heavy atom. The average Bonchev–Trinajstić information content (AvgIpc) is 3.03. The van der Waals surface area contributed by atoms with Crippen LogP contribution in [0.4, 0.5) is 5.00 Å². The lowest BCUT2D eigenvalue weighted by Gasteiger charge is -2.33. The van der Waals surface area contributed by atoms with Crippen molar-refractivity contribution in [3.8, 4) is 11.5 Å². The van der Waals surface area contributed by atoms with E-state index in [-0.39, 0.29) is 11.3 Å². The van der Waals surface area contributed by atoms with Crippen molar-refractivity contribution in [2.24, 2.45) is 17.1 Å². The fourth-order valence-corrected chi connectivity index (χ4v) is 5.15. The minimum atomic E-state index is -0.501. The molecule has 1 aromatic heterocycles. The van der Waals surface area contributed by atoms with Gasteiger partial charge in [0.2, 0.25) is 0 Å². The largest absolute Gasteiger partial charge is 0.493 e. The van der Waals surface area contributed by atoms with Crippen molar-refractivity contribution in [1.29, 1.82) is 0 Å². The first-order chi connectivity index (χ1) is 13.7. The van der Waals surface area contributed by atoms with Crippen molar-refractivity contribution >= 4 is 28.2 Å². The summed E-state index contributed by atoms with van der Waals surface area (Å²) in [6.07, 6.45) is 2.71. The molecule has 2 aromatic rings. The highest BCUT2D eigenvalue weighted by molar-refractivity contribution is 7.17. The molecular weight excluding hydrogens is 388 g/mol. The van der Waals surface area contributed by atoms with Crippen molar-refractivity contribution in [2.45, 2.75) is 40.0 Å². The minimum Gasteiger partial charge on any atom is -0.493 e. The molecule has 1 aromatic carbocycles. The molecule has 6 nitrogen and oxygen atoms in total. The van der Waals surface area contributed by atoms with Gasteiger partial charge in [-0.25, -0.2) is 0 Å². The zero-order chi connectivity index (χ0) is 21.3. The van der Waals surface area contributed by atoms with Crippen LogP contribution in [-0.4, -0.2) is 26.0 Å². The average molecular weight is 417 g/mol. The molecule has 2 amide bonds. The number of nitrogens with two attached hydrogens (primary N) is 1. The number of carbonyl (C=O) groups excluding carboxylic acids is 2. The Kier molecular flexibility index (Phi) is 5.89. The molecule has 3 rings (SSSR count). The zero-order valence-electron chi connectivity index (χ0n) is 17.5. The second kappa shape index (κ2) is 8.06. The lowest BCUT2D eigenvalue weighted by atomic mass is 9.72. The van der Waals surface area contributed by atoms with Crippen molar-refractivity contribution in [3.05, 3.63) is 39.8 Å². The Labute approximate surface area is 175 Å². The third-order valence-electron chi connectivity index (χ3n) is 5.61. The summed E-state index contributed by atoms with van der Waals surface area (Å²) in [6, 6.07) is 4.95. The number of hydrogen-bond acceptors (Lipinski definition) is 5. The van der Waals surface area contributed by atoms with E-state index in [0.29, 0.717) is 33.5 Å². The quantitative estimate of drug-likeness (QED) is 0.762. The lowest BCUT2D eigenvalue weighted by molar-refractivity contribution is 0.1000. The molecule has 1 aliphatic rings. The van der Waals surface area contributed by atoms with E-state index in [4.69, 9.17) is 15.2 Å². The van der Waals surface area contributed by atoms with E-state index >= 15 is 0 Å². The molecule has 0 saturated carbocycles. The van der Waals surface area contributed by atoms with E-state index in [1.54, 1.807) is 18.2 Å². The van der Waals surface area contributed by atoms with Gasteiger partial charge < -0.3 is 20.5 Å². The van der Waals surface area contributed by atoms with Crippen molar-refractivity contribution in [2.75, 3.05) is 19.5 Å². The summed E-state index contributed by atoms with van der Waals surface area (Å²) in [5.74, 6) is 0.720. The highest BCUT2D eigenvalue weighted by Gasteiger charge is 2.33. The Hall–Kier alpha value is -2.54. The molecule has 156 valence electrons. The van der Waals surface area contributed by atoms with Gasteiger partial charge in [0.15, 0.2) is 11.5 Å². The van der Waals surface area contributed by atoms with Crippen LogP contribution in [0.15, 0.2) is 18.2 Å². The number of hydrogen-bond donors (Lipinski definition) is 2. The number of fused-ring (bicyclic) bond motifs is 1. The van der Waals surface area contributed by atoms with Crippen LogP contribution in [0.5, 0.6) is 11.5 Å². The summed E-state index contributed by atoms with van der Waals surface area (Å²) in [5.41, 5.74) is 7.73. The number of thiophene rings is 1. The second-order valence-corrected chi connectivity index (χ2v) is 9.51. The maximum absolute atomic E-state index is 12.8. The molecule has 1 aliphatic carbocycles. The van der Waals surface area contributed by atoms with E-state index in [2.05, 4.69) is 26.1 Å². The van der Waals surface area contributed by atoms with Crippen LogP contribution in [0.3, 0.4) is 0 Å². The first-order valence-electron chi connectivity index (χ1n) is 9.63. The highest BCUT2D eigenvalue weighted by Crippen LogP contribution is 2.44. The van der Waals surface area contributed by atoms with Gasteiger partial charge in [-0.3, -0.25) is 9.59 Å². The van der Waals surface area contributed by atoms with Gasteiger partial charge in [0, 0.05) is 10.4 Å². The SMILES string of the molecule is COc1ccc(C(=O)Nc2sc3c(c2C(N)=O)CCC(C(C)(C)C)C3)cc1OC. The molecule has 1 heterocycles. The summed E-state index contributed by atoms with van der Waals surface area (Å²) in [7, 11) is 3.06. The second-order valence-electron chi connectivity index (χ2n) is 8.40. The minimum absolute atomic E-state index is 0.192. The van der Waals surface area contributed by atoms with Crippen LogP contribution < -0.4 is 20.5 Å². The van der Waals surface area contributed by atoms with Crippen LogP contribution in [-0.2, 0) is 12.8 Å². The van der Waals surface area contributed by atoms with Crippen molar-refractivity contribution < 1.29 is 19.1 Å². The molecule has 0 spiro atoms. The summed E-state index contributed by atoms with van der Waals surface area (Å²) in [6.45, 7) is 6.72. The van der Waals surface area contributed by atoms with Gasteiger partial charge in [-0.1, -0.05) is 20.8 Å². The number of amides is 2. The predicted octanol–water partition coefficient (Wildman–Crippen LogP) is 4.27. The molecule has 0 bridgehead atoms. The van der Waals surface area contributed by atoms with E-state index in [1.807, 2.05) is 0 Å². The van der Waals surface area contributed by atoms with E-state index in [9.17, 15) is 9.59 Å². The monoisotopic (exact) mass is 416 g/mol. The van der Waals surface area contributed by atoms with Crippen LogP contribution in [0.1, 0.15) is 58.3 Å². The Balaban J connectivity index is 1.91. The topological polar surface area (TPSA) is 90.6 Å². The van der Waals surface area contributed by atoms with Gasteiger partial charge in [-0.15, -0.1) is 11.3 Å². The van der Waals surface area contributed by atoms with Gasteiger partial charge in [0.1, 0.15) is 5.00 Å². The maximum Gasteiger partial charge on any atom is 0.256 e. The van der Waals surface area contributed by atoms with Crippen molar-refractivity contribution in [1.82, 2.24) is 0 Å². The molecule has 0 radical (unpaired) electrons. The number of benzene rings is 1. The molecule has 0 saturated heterocycles. The standard InChI is InChI=1S/C22H28N2O4S/c1-22(2,3)13-7-8-14-17(11-13)29-21(18(14)19(23)25)24-20(26)12-6-9-15(27-4)16(10-12)28-5/h6,9-10,13H,7-8,11H2,1-5H3,(H2,23,25)(H,24,26). The highest BCUT2D eigenvalue weighted by atomic mass is 32.1. The number of rotatable bonds is 5. The summed E-state index contributed by atoms with van der Waals surface area (Å²) >= 11 is 1.46. The molecule has 0 fully saturated rings. The van der Waals surface area contributed by atoms with Crippen LogP contribution in [0.2, 0.25) is 0 Å². The summed E-state index contributed by atoms with van der Waals surface area (Å²) < 4.78 is 10.5. The lowest BCUT2D eigenvalue weighted by Crippen LogP contribution is -2.27. The fourth-order valence-electron chi connectivity index (χ4n) is 3.83. The number of ether oxygens (including phenoxy) is 2. The van der Waals surface area contributed by atoms with Gasteiger partial charge in [-0.2, -0.15) is 0 Å². The van der Waals surface area contributed by atoms with Gasteiger partial charge in [0.05, 0.1) is 19.8 Å². The molecule has 0 aliphatic heterocycles. The van der Waals surface area contributed by atoms with Crippen LogP contribution >= 0.6 is 11.3 Å². The number of primary amides is 1. The Morgan fingerprint density at radius 2 is 1.86 bits per heavy atom. The number of anilines is 1. The van der Waals surface area contributed by atoms with E-state index < -0.39 is 5.91 Å². The molecule has 29 heavy (non-hydrogen) atoms. The van der Waals surface area contributed by atoms with Gasteiger partial charge in [0.25, 0.3) is 11.8 Å². The third kappa shape index (κ3) is 4.24. The maximum atomic E-state index is 12.8. The molecular formula is C22H28N2O4S. The molecule has 1 unspecified atom stereocenters. The summed E-state index contributed by atoms with van der Waals surface area (Å²) in [4.78, 5) is 26.2. The molecule has 7 heteroatoms. The normalized spacial score (nSPS) is 16.1. The van der Waals surface area contributed by atoms with E-state index in [1.165, 1.54) is 25.6 Å². The molecule has 1 atom stereocenters. The fraction of sp³-hybridized carbons (Fsp3) is 0.455. The first kappa shape index (κ1) is 21.2. The number of carbonyl (C=O) groups is 2. The molecule has 3 N–H and O–H groups in total. The third-order valence-corrected chi connectivity index (χ3v) is 6.78. The van der Waals surface area contributed by atoms with Gasteiger partial charge >= 0.3 is 0 Å². The Morgan fingerprint density at radius 3 is 2.45 bits per heavy atom. The van der Waals surface area contributed by atoms with Crippen LogP contribution in [0, 0.1) is 11.3 Å². The summed E-state index contributed by atoms with van der Waals surface area (Å²) in [5, 5.41) is 3.41. The van der Waals surface area contributed by atoms with E-state index in [0.717, 1.165) is 29.7 Å². The predicted molar refractivity (Wildman–Crippen MR) is 115 cm³/mol. The first-order valence-corrected chi connectivity index (χ1v) is 10.4. The number of nitrogens with one attached hydrogen (secondary N) is 1. The van der Waals surface area contributed by atoms with Crippen molar-refractivity contribution in [3.63, 3.8) is 0 Å². The Bertz CT molecular complexity index is 943. The smallest absolute Gasteiger partial charge is 0.256 e. The zero-order valence-corrected chi connectivity index (χ0v) is 18.4.